The number of carbonyl (C=O) groups is 1. The van der Waals surface area contributed by atoms with Gasteiger partial charge >= 0.3 is 12.6 Å². The van der Waals surface area contributed by atoms with Crippen LogP contribution in [0.25, 0.3) is 6.08 Å². The number of esters is 1. The molecule has 0 saturated heterocycles. The van der Waals surface area contributed by atoms with Gasteiger partial charge in [0.2, 0.25) is 0 Å². The molecule has 0 saturated carbocycles. The second-order valence-electron chi connectivity index (χ2n) is 4.78. The van der Waals surface area contributed by atoms with E-state index in [9.17, 15) is 23.7 Å². The van der Waals surface area contributed by atoms with Crippen LogP contribution in [-0.2, 0) is 16.1 Å². The fraction of sp³-hybridized carbons (Fsp3) is 0.118. The molecular formula is C17H13F2NO5. The Kier molecular flexibility index (Phi) is 6.16. The van der Waals surface area contributed by atoms with Gasteiger partial charge in [0.05, 0.1) is 4.92 Å². The van der Waals surface area contributed by atoms with Crippen LogP contribution in [0.4, 0.5) is 14.5 Å². The molecule has 0 aliphatic heterocycles. The van der Waals surface area contributed by atoms with Gasteiger partial charge in [-0.2, -0.15) is 8.78 Å². The molecule has 0 unspecified atom stereocenters. The number of nitro benzene ring substituents is 1. The molecule has 0 N–H and O–H groups in total. The second-order valence-corrected chi connectivity index (χ2v) is 4.78. The van der Waals surface area contributed by atoms with E-state index in [-0.39, 0.29) is 18.0 Å². The third-order valence-corrected chi connectivity index (χ3v) is 3.05. The zero-order valence-electron chi connectivity index (χ0n) is 12.8. The number of carbonyl (C=O) groups excluding carboxylic acids is 1. The van der Waals surface area contributed by atoms with Crippen LogP contribution < -0.4 is 4.74 Å². The van der Waals surface area contributed by atoms with Gasteiger partial charge in [-0.3, -0.25) is 10.1 Å². The van der Waals surface area contributed by atoms with E-state index in [4.69, 9.17) is 4.74 Å². The monoisotopic (exact) mass is 349 g/mol. The maximum absolute atomic E-state index is 12.3. The number of halogens is 2. The van der Waals surface area contributed by atoms with Crippen LogP contribution in [-0.4, -0.2) is 17.5 Å². The maximum Gasteiger partial charge on any atom is 0.387 e. The minimum Gasteiger partial charge on any atom is -0.458 e. The molecule has 0 atom stereocenters. The van der Waals surface area contributed by atoms with Gasteiger partial charge in [0.15, 0.2) is 0 Å². The standard InChI is InChI=1S/C17H13F2NO5/c18-17(19)25-15-7-2-1-5-13(15)11-24-16(21)9-8-12-4-3-6-14(10-12)20(22)23/h1-10,17H,11H2/b9-8+. The molecule has 2 aromatic rings. The fourth-order valence-electron chi connectivity index (χ4n) is 1.94. The van der Waals surface area contributed by atoms with Crippen molar-refractivity contribution < 1.29 is 28.0 Å². The van der Waals surface area contributed by atoms with Crippen LogP contribution >= 0.6 is 0 Å². The first-order chi connectivity index (χ1) is 12.0. The van der Waals surface area contributed by atoms with Gasteiger partial charge in [0, 0.05) is 23.8 Å². The lowest BCUT2D eigenvalue weighted by Crippen LogP contribution is -2.06. The lowest BCUT2D eigenvalue weighted by atomic mass is 10.2. The smallest absolute Gasteiger partial charge is 0.387 e. The third-order valence-electron chi connectivity index (χ3n) is 3.05. The lowest BCUT2D eigenvalue weighted by Gasteiger charge is -2.10. The average Bonchev–Trinajstić information content (AvgIpc) is 2.59. The largest absolute Gasteiger partial charge is 0.458 e. The summed E-state index contributed by atoms with van der Waals surface area (Å²) in [4.78, 5) is 21.8. The lowest BCUT2D eigenvalue weighted by molar-refractivity contribution is -0.384. The molecule has 0 fully saturated rings. The summed E-state index contributed by atoms with van der Waals surface area (Å²) in [7, 11) is 0. The molecule has 0 aromatic heterocycles. The second kappa shape index (κ2) is 8.53. The Bertz CT molecular complexity index is 792. The van der Waals surface area contributed by atoms with Gasteiger partial charge in [-0.15, -0.1) is 0 Å². The maximum atomic E-state index is 12.3. The first kappa shape index (κ1) is 18.1. The highest BCUT2D eigenvalue weighted by Crippen LogP contribution is 2.21. The molecule has 0 spiro atoms. The molecule has 0 heterocycles. The Labute approximate surface area is 141 Å². The Balaban J connectivity index is 1.97. The van der Waals surface area contributed by atoms with Crippen LogP contribution in [0.1, 0.15) is 11.1 Å². The predicted molar refractivity (Wildman–Crippen MR) is 85.0 cm³/mol. The summed E-state index contributed by atoms with van der Waals surface area (Å²) in [5.74, 6) is -0.800. The highest BCUT2D eigenvalue weighted by molar-refractivity contribution is 5.87. The Hall–Kier alpha value is -3.29. The minimum absolute atomic E-state index is 0.0760. The van der Waals surface area contributed by atoms with E-state index >= 15 is 0 Å². The van der Waals surface area contributed by atoms with Gasteiger partial charge in [-0.05, 0) is 17.7 Å². The molecule has 2 rings (SSSR count). The number of alkyl halides is 2. The van der Waals surface area contributed by atoms with Crippen molar-refractivity contribution in [3.05, 3.63) is 75.8 Å². The van der Waals surface area contributed by atoms with Crippen LogP contribution in [0.2, 0.25) is 0 Å². The SMILES string of the molecule is O=C(/C=C/c1cccc([N+](=O)[O-])c1)OCc1ccccc1OC(F)F. The molecule has 2 aromatic carbocycles. The first-order valence-corrected chi connectivity index (χ1v) is 7.07. The quantitative estimate of drug-likeness (QED) is 0.327. The van der Waals surface area contributed by atoms with Crippen molar-refractivity contribution in [2.45, 2.75) is 13.2 Å². The number of nitro groups is 1. The fourth-order valence-corrected chi connectivity index (χ4v) is 1.94. The number of nitrogens with zero attached hydrogens (tertiary/aromatic N) is 1. The van der Waals surface area contributed by atoms with E-state index in [1.54, 1.807) is 12.1 Å². The molecule has 0 radical (unpaired) electrons. The van der Waals surface area contributed by atoms with E-state index in [0.29, 0.717) is 11.1 Å². The molecule has 6 nitrogen and oxygen atoms in total. The Morgan fingerprint density at radius 2 is 1.96 bits per heavy atom. The van der Waals surface area contributed by atoms with Crippen LogP contribution in [0.15, 0.2) is 54.6 Å². The van der Waals surface area contributed by atoms with Crippen LogP contribution in [0.5, 0.6) is 5.75 Å². The normalized spacial score (nSPS) is 10.8. The van der Waals surface area contributed by atoms with E-state index < -0.39 is 17.5 Å². The Morgan fingerprint density at radius 3 is 2.68 bits per heavy atom. The van der Waals surface area contributed by atoms with Crippen LogP contribution in [0, 0.1) is 10.1 Å². The minimum atomic E-state index is -2.98. The van der Waals surface area contributed by atoms with Crippen molar-refractivity contribution in [1.29, 1.82) is 0 Å². The molecule has 0 bridgehead atoms. The third kappa shape index (κ3) is 5.69. The van der Waals surface area contributed by atoms with E-state index in [1.807, 2.05) is 0 Å². The predicted octanol–water partition coefficient (Wildman–Crippen LogP) is 3.95. The van der Waals surface area contributed by atoms with Crippen molar-refractivity contribution >= 4 is 17.7 Å². The number of benzene rings is 2. The summed E-state index contributed by atoms with van der Waals surface area (Å²) in [5, 5.41) is 10.7. The highest BCUT2D eigenvalue weighted by atomic mass is 19.3. The van der Waals surface area contributed by atoms with Crippen molar-refractivity contribution in [3.63, 3.8) is 0 Å². The number of rotatable bonds is 7. The van der Waals surface area contributed by atoms with Gasteiger partial charge < -0.3 is 9.47 Å². The Morgan fingerprint density at radius 1 is 1.20 bits per heavy atom. The van der Waals surface area contributed by atoms with Crippen LogP contribution in [0.3, 0.4) is 0 Å². The first-order valence-electron chi connectivity index (χ1n) is 7.07. The average molecular weight is 349 g/mol. The molecule has 0 amide bonds. The summed E-state index contributed by atoms with van der Waals surface area (Å²) in [6.45, 7) is -3.23. The van der Waals surface area contributed by atoms with Gasteiger partial charge in [-0.1, -0.05) is 30.3 Å². The van der Waals surface area contributed by atoms with E-state index in [2.05, 4.69) is 4.74 Å². The summed E-state index contributed by atoms with van der Waals surface area (Å²) >= 11 is 0. The number of hydrogen-bond acceptors (Lipinski definition) is 5. The molecule has 130 valence electrons. The topological polar surface area (TPSA) is 78.7 Å². The number of ether oxygens (including phenoxy) is 2. The van der Waals surface area contributed by atoms with Crippen molar-refractivity contribution in [2.24, 2.45) is 0 Å². The molecule has 0 aliphatic carbocycles. The molecular weight excluding hydrogens is 336 g/mol. The summed E-state index contributed by atoms with van der Waals surface area (Å²) < 4.78 is 33.9. The van der Waals surface area contributed by atoms with Crippen molar-refractivity contribution in [2.75, 3.05) is 0 Å². The van der Waals surface area contributed by atoms with E-state index in [0.717, 1.165) is 6.08 Å². The van der Waals surface area contributed by atoms with Gasteiger partial charge in [0.25, 0.3) is 5.69 Å². The zero-order valence-corrected chi connectivity index (χ0v) is 12.8. The molecule has 8 heteroatoms. The summed E-state index contributed by atoms with van der Waals surface area (Å²) in [5.41, 5.74) is 0.640. The number of para-hydroxylation sites is 1. The van der Waals surface area contributed by atoms with E-state index in [1.165, 1.54) is 42.5 Å². The van der Waals surface area contributed by atoms with Crippen molar-refractivity contribution in [3.8, 4) is 5.75 Å². The van der Waals surface area contributed by atoms with Crippen molar-refractivity contribution in [1.82, 2.24) is 0 Å². The number of non-ortho nitro benzene ring substituents is 1. The summed E-state index contributed by atoms with van der Waals surface area (Å²) in [6.07, 6.45) is 2.45. The van der Waals surface area contributed by atoms with Gasteiger partial charge in [0.1, 0.15) is 12.4 Å². The molecule has 0 aliphatic rings. The van der Waals surface area contributed by atoms with Gasteiger partial charge in [-0.25, -0.2) is 4.79 Å². The number of hydrogen-bond donors (Lipinski definition) is 0. The summed E-state index contributed by atoms with van der Waals surface area (Å²) in [6, 6.07) is 11.7. The zero-order chi connectivity index (χ0) is 18.2. The highest BCUT2D eigenvalue weighted by Gasteiger charge is 2.10. The molecule has 25 heavy (non-hydrogen) atoms.